The molecule has 27 heavy (non-hydrogen) atoms. The summed E-state index contributed by atoms with van der Waals surface area (Å²) in [6.07, 6.45) is 2.22. The van der Waals surface area contributed by atoms with Crippen LogP contribution >= 0.6 is 0 Å². The van der Waals surface area contributed by atoms with Gasteiger partial charge in [-0.3, -0.25) is 4.79 Å². The first-order valence-corrected chi connectivity index (χ1v) is 8.53. The summed E-state index contributed by atoms with van der Waals surface area (Å²) in [4.78, 5) is 16.2. The summed E-state index contributed by atoms with van der Waals surface area (Å²) in [7, 11) is 0. The first-order valence-electron chi connectivity index (χ1n) is 8.53. The fourth-order valence-electron chi connectivity index (χ4n) is 2.73. The third-order valence-electron chi connectivity index (χ3n) is 4.17. The van der Waals surface area contributed by atoms with E-state index in [0.717, 1.165) is 11.1 Å². The predicted molar refractivity (Wildman–Crippen MR) is 94.6 cm³/mol. The van der Waals surface area contributed by atoms with E-state index in [9.17, 15) is 9.18 Å². The molecule has 1 amide bonds. The van der Waals surface area contributed by atoms with E-state index < -0.39 is 0 Å². The first-order chi connectivity index (χ1) is 13.2. The highest BCUT2D eigenvalue weighted by Crippen LogP contribution is 2.32. The first kappa shape index (κ1) is 17.1. The largest absolute Gasteiger partial charge is 0.454 e. The Balaban J connectivity index is 1.27. The number of rotatable bonds is 6. The number of aryl methyl sites for hydroxylation is 1. The quantitative estimate of drug-likeness (QED) is 0.721. The number of carbonyl (C=O) groups is 1. The SMILES string of the molecule is O=C(CCc1ncc(-c2ccc(F)cc2)o1)NCc1ccc2c(c1)OCO2. The van der Waals surface area contributed by atoms with Gasteiger partial charge in [0.25, 0.3) is 0 Å². The maximum atomic E-state index is 13.0. The van der Waals surface area contributed by atoms with Gasteiger partial charge in [0.05, 0.1) is 6.20 Å². The van der Waals surface area contributed by atoms with Crippen LogP contribution in [-0.2, 0) is 17.8 Å². The third kappa shape index (κ3) is 4.08. The van der Waals surface area contributed by atoms with Crippen molar-refractivity contribution in [2.45, 2.75) is 19.4 Å². The molecular formula is C20H17FN2O4. The van der Waals surface area contributed by atoms with Gasteiger partial charge < -0.3 is 19.2 Å². The lowest BCUT2D eigenvalue weighted by molar-refractivity contribution is -0.121. The second-order valence-electron chi connectivity index (χ2n) is 6.09. The Bertz CT molecular complexity index is 953. The highest BCUT2D eigenvalue weighted by molar-refractivity contribution is 5.76. The Morgan fingerprint density at radius 3 is 2.78 bits per heavy atom. The number of nitrogens with zero attached hydrogens (tertiary/aromatic N) is 1. The summed E-state index contributed by atoms with van der Waals surface area (Å²) in [6, 6.07) is 11.5. The fourth-order valence-corrected chi connectivity index (χ4v) is 2.73. The number of hydrogen-bond donors (Lipinski definition) is 1. The Labute approximate surface area is 154 Å². The molecule has 3 aromatic rings. The molecule has 0 aliphatic carbocycles. The van der Waals surface area contributed by atoms with Gasteiger partial charge in [-0.1, -0.05) is 6.07 Å². The fraction of sp³-hybridized carbons (Fsp3) is 0.200. The van der Waals surface area contributed by atoms with Crippen LogP contribution in [0.2, 0.25) is 0 Å². The number of oxazole rings is 1. The van der Waals surface area contributed by atoms with Crippen molar-refractivity contribution < 1.29 is 23.1 Å². The number of nitrogens with one attached hydrogen (secondary N) is 1. The summed E-state index contributed by atoms with van der Waals surface area (Å²) in [5.74, 6) is 2.01. The van der Waals surface area contributed by atoms with Crippen LogP contribution in [0.4, 0.5) is 4.39 Å². The lowest BCUT2D eigenvalue weighted by Gasteiger charge is -2.05. The molecule has 2 aromatic carbocycles. The van der Waals surface area contributed by atoms with Gasteiger partial charge in [-0.25, -0.2) is 9.37 Å². The molecule has 2 heterocycles. The van der Waals surface area contributed by atoms with Crippen molar-refractivity contribution in [1.29, 1.82) is 0 Å². The maximum absolute atomic E-state index is 13.0. The van der Waals surface area contributed by atoms with Crippen LogP contribution in [0.25, 0.3) is 11.3 Å². The highest BCUT2D eigenvalue weighted by atomic mass is 19.1. The number of amides is 1. The van der Waals surface area contributed by atoms with E-state index in [0.29, 0.717) is 36.1 Å². The normalized spacial score (nSPS) is 12.2. The van der Waals surface area contributed by atoms with Gasteiger partial charge in [-0.2, -0.15) is 0 Å². The van der Waals surface area contributed by atoms with Gasteiger partial charge >= 0.3 is 0 Å². The zero-order valence-corrected chi connectivity index (χ0v) is 14.4. The minimum atomic E-state index is -0.308. The van der Waals surface area contributed by atoms with E-state index >= 15 is 0 Å². The van der Waals surface area contributed by atoms with E-state index in [1.54, 1.807) is 18.3 Å². The Morgan fingerprint density at radius 1 is 1.11 bits per heavy atom. The molecule has 0 saturated heterocycles. The highest BCUT2D eigenvalue weighted by Gasteiger charge is 2.14. The molecule has 1 N–H and O–H groups in total. The third-order valence-corrected chi connectivity index (χ3v) is 4.17. The van der Waals surface area contributed by atoms with Crippen LogP contribution in [-0.4, -0.2) is 17.7 Å². The van der Waals surface area contributed by atoms with E-state index in [2.05, 4.69) is 10.3 Å². The molecular weight excluding hydrogens is 351 g/mol. The van der Waals surface area contributed by atoms with Gasteiger partial charge in [-0.05, 0) is 42.0 Å². The number of halogens is 1. The molecule has 7 heteroatoms. The lowest BCUT2D eigenvalue weighted by atomic mass is 10.2. The van der Waals surface area contributed by atoms with Crippen LogP contribution in [0.5, 0.6) is 11.5 Å². The van der Waals surface area contributed by atoms with Gasteiger partial charge in [0, 0.05) is 24.9 Å². The molecule has 138 valence electrons. The molecule has 0 spiro atoms. The monoisotopic (exact) mass is 368 g/mol. The minimum absolute atomic E-state index is 0.103. The average molecular weight is 368 g/mol. The smallest absolute Gasteiger partial charge is 0.231 e. The van der Waals surface area contributed by atoms with E-state index in [1.165, 1.54) is 12.1 Å². The lowest BCUT2D eigenvalue weighted by Crippen LogP contribution is -2.23. The number of aromatic nitrogens is 1. The molecule has 0 radical (unpaired) electrons. The number of carbonyl (C=O) groups excluding carboxylic acids is 1. The van der Waals surface area contributed by atoms with Gasteiger partial charge in [0.1, 0.15) is 5.82 Å². The molecule has 1 aromatic heterocycles. The van der Waals surface area contributed by atoms with Gasteiger partial charge in [0.15, 0.2) is 23.1 Å². The van der Waals surface area contributed by atoms with Crippen molar-refractivity contribution in [3.63, 3.8) is 0 Å². The summed E-state index contributed by atoms with van der Waals surface area (Å²) < 4.78 is 29.2. The van der Waals surface area contributed by atoms with Crippen LogP contribution in [0.3, 0.4) is 0 Å². The molecule has 0 fully saturated rings. The van der Waals surface area contributed by atoms with Crippen molar-refractivity contribution in [3.8, 4) is 22.8 Å². The van der Waals surface area contributed by atoms with Gasteiger partial charge in [-0.15, -0.1) is 0 Å². The minimum Gasteiger partial charge on any atom is -0.454 e. The Morgan fingerprint density at radius 2 is 1.93 bits per heavy atom. The number of benzene rings is 2. The number of hydrogen-bond acceptors (Lipinski definition) is 5. The topological polar surface area (TPSA) is 73.6 Å². The number of fused-ring (bicyclic) bond motifs is 1. The van der Waals surface area contributed by atoms with Gasteiger partial charge in [0.2, 0.25) is 12.7 Å². The molecule has 6 nitrogen and oxygen atoms in total. The van der Waals surface area contributed by atoms with Crippen molar-refractivity contribution in [1.82, 2.24) is 10.3 Å². The second-order valence-corrected chi connectivity index (χ2v) is 6.09. The summed E-state index contributed by atoms with van der Waals surface area (Å²) in [5, 5.41) is 2.86. The van der Waals surface area contributed by atoms with Crippen LogP contribution < -0.4 is 14.8 Å². The molecule has 0 unspecified atom stereocenters. The van der Waals surface area contributed by atoms with Crippen molar-refractivity contribution in [3.05, 3.63) is 65.9 Å². The average Bonchev–Trinajstić information content (AvgIpc) is 3.34. The van der Waals surface area contributed by atoms with Crippen molar-refractivity contribution in [2.24, 2.45) is 0 Å². The predicted octanol–water partition coefficient (Wildman–Crippen LogP) is 3.46. The molecule has 4 rings (SSSR count). The van der Waals surface area contributed by atoms with Crippen LogP contribution in [0, 0.1) is 5.82 Å². The van der Waals surface area contributed by atoms with Crippen LogP contribution in [0.15, 0.2) is 53.1 Å². The van der Waals surface area contributed by atoms with E-state index in [1.807, 2.05) is 18.2 Å². The van der Waals surface area contributed by atoms with Crippen LogP contribution in [0.1, 0.15) is 17.9 Å². The maximum Gasteiger partial charge on any atom is 0.231 e. The molecule has 0 atom stereocenters. The Kier molecular flexibility index (Phi) is 4.74. The Hall–Kier alpha value is -3.35. The van der Waals surface area contributed by atoms with Crippen molar-refractivity contribution >= 4 is 5.91 Å². The summed E-state index contributed by atoms with van der Waals surface area (Å²) in [6.45, 7) is 0.628. The molecule has 1 aliphatic heterocycles. The van der Waals surface area contributed by atoms with Crippen molar-refractivity contribution in [2.75, 3.05) is 6.79 Å². The standard InChI is InChI=1S/C20H17FN2O4/c21-15-4-2-14(3-5-15)18-11-23-20(27-18)8-7-19(24)22-10-13-1-6-16-17(9-13)26-12-25-16/h1-6,9,11H,7-8,10,12H2,(H,22,24). The van der Waals surface area contributed by atoms with E-state index in [4.69, 9.17) is 13.9 Å². The molecule has 0 saturated carbocycles. The molecule has 1 aliphatic rings. The van der Waals surface area contributed by atoms with E-state index in [-0.39, 0.29) is 24.9 Å². The number of ether oxygens (including phenoxy) is 2. The summed E-state index contributed by atoms with van der Waals surface area (Å²) in [5.41, 5.74) is 1.67. The zero-order valence-electron chi connectivity index (χ0n) is 14.4. The second kappa shape index (κ2) is 7.49. The zero-order chi connectivity index (χ0) is 18.6. The molecule has 0 bridgehead atoms. The summed E-state index contributed by atoms with van der Waals surface area (Å²) >= 11 is 0.